The van der Waals surface area contributed by atoms with Gasteiger partial charge in [0.25, 0.3) is 5.56 Å². The minimum Gasteiger partial charge on any atom is -0.326 e. The van der Waals surface area contributed by atoms with Crippen LogP contribution in [0.2, 0.25) is 0 Å². The number of hydrogen-bond donors (Lipinski definition) is 2. The summed E-state index contributed by atoms with van der Waals surface area (Å²) < 4.78 is 0.712. The van der Waals surface area contributed by atoms with E-state index < -0.39 is 0 Å². The Morgan fingerprint density at radius 1 is 1.53 bits per heavy atom. The Hall–Kier alpha value is -1.40. The summed E-state index contributed by atoms with van der Waals surface area (Å²) in [6.45, 7) is 0. The third kappa shape index (κ3) is 3.28. The fourth-order valence-corrected chi connectivity index (χ4v) is 2.36. The molecule has 0 aliphatic carbocycles. The number of hydrogen-bond acceptors (Lipinski definition) is 3. The van der Waals surface area contributed by atoms with E-state index in [2.05, 4.69) is 26.2 Å². The number of carbonyl (C=O) groups is 1. The van der Waals surface area contributed by atoms with Gasteiger partial charge in [-0.2, -0.15) is 0 Å². The molecule has 2 aromatic rings. The van der Waals surface area contributed by atoms with Crippen LogP contribution in [-0.2, 0) is 11.2 Å². The van der Waals surface area contributed by atoms with Crippen molar-refractivity contribution < 1.29 is 4.79 Å². The molecule has 0 spiro atoms. The first kappa shape index (κ1) is 12.1. The summed E-state index contributed by atoms with van der Waals surface area (Å²) in [6.07, 6.45) is 1.81. The molecule has 0 aliphatic rings. The molecule has 0 fully saturated rings. The first-order valence-electron chi connectivity index (χ1n) is 4.85. The number of pyridine rings is 1. The van der Waals surface area contributed by atoms with E-state index in [1.807, 2.05) is 17.5 Å². The van der Waals surface area contributed by atoms with Crippen LogP contribution in [0.4, 0.5) is 5.69 Å². The molecule has 2 N–H and O–H groups in total. The largest absolute Gasteiger partial charge is 0.326 e. The van der Waals surface area contributed by atoms with E-state index in [9.17, 15) is 9.59 Å². The topological polar surface area (TPSA) is 62.0 Å². The quantitative estimate of drug-likeness (QED) is 0.914. The first-order chi connectivity index (χ1) is 8.15. The maximum Gasteiger partial charge on any atom is 0.271 e. The first-order valence-corrected chi connectivity index (χ1v) is 6.53. The van der Waals surface area contributed by atoms with Crippen molar-refractivity contribution in [2.75, 3.05) is 5.32 Å². The Morgan fingerprint density at radius 3 is 3.06 bits per heavy atom. The molecular formula is C11H9BrN2O2S. The summed E-state index contributed by atoms with van der Waals surface area (Å²) in [5.41, 5.74) is -0.0614. The van der Waals surface area contributed by atoms with Crippen molar-refractivity contribution in [3.05, 3.63) is 49.5 Å². The fraction of sp³-hybridized carbons (Fsp3) is 0.0909. The molecular weight excluding hydrogens is 304 g/mol. The van der Waals surface area contributed by atoms with Crippen LogP contribution in [-0.4, -0.2) is 10.9 Å². The second-order valence-electron chi connectivity index (χ2n) is 3.37. The van der Waals surface area contributed by atoms with Crippen molar-refractivity contribution in [1.29, 1.82) is 0 Å². The minimum absolute atomic E-state index is 0.198. The number of H-pyrrole nitrogens is 1. The fourth-order valence-electron chi connectivity index (χ4n) is 1.32. The van der Waals surface area contributed by atoms with Gasteiger partial charge in [0.2, 0.25) is 5.91 Å². The van der Waals surface area contributed by atoms with Crippen LogP contribution in [0.1, 0.15) is 4.88 Å². The zero-order chi connectivity index (χ0) is 12.3. The lowest BCUT2D eigenvalue weighted by Gasteiger charge is -2.03. The van der Waals surface area contributed by atoms with Crippen LogP contribution >= 0.6 is 27.3 Å². The Morgan fingerprint density at radius 2 is 2.35 bits per heavy atom. The number of halogens is 1. The Bertz CT molecular complexity index is 577. The van der Waals surface area contributed by atoms with E-state index >= 15 is 0 Å². The van der Waals surface area contributed by atoms with Gasteiger partial charge < -0.3 is 10.3 Å². The van der Waals surface area contributed by atoms with Crippen LogP contribution in [0, 0.1) is 0 Å². The summed E-state index contributed by atoms with van der Waals surface area (Å²) in [6, 6.07) is 5.35. The van der Waals surface area contributed by atoms with Crippen LogP contribution in [0.25, 0.3) is 0 Å². The summed E-state index contributed by atoms with van der Waals surface area (Å²) >= 11 is 4.74. The van der Waals surface area contributed by atoms with Gasteiger partial charge in [-0.15, -0.1) is 11.3 Å². The molecule has 2 aromatic heterocycles. The van der Waals surface area contributed by atoms with Gasteiger partial charge in [-0.25, -0.2) is 0 Å². The van der Waals surface area contributed by atoms with Gasteiger partial charge >= 0.3 is 0 Å². The molecule has 0 radical (unpaired) electrons. The third-order valence-electron chi connectivity index (χ3n) is 2.06. The third-order valence-corrected chi connectivity index (χ3v) is 3.39. The van der Waals surface area contributed by atoms with E-state index in [1.54, 1.807) is 6.07 Å². The van der Waals surface area contributed by atoms with E-state index in [0.29, 0.717) is 4.47 Å². The number of aromatic amines is 1. The van der Waals surface area contributed by atoms with E-state index in [4.69, 9.17) is 0 Å². The normalized spacial score (nSPS) is 10.2. The lowest BCUT2D eigenvalue weighted by atomic mass is 10.3. The van der Waals surface area contributed by atoms with Crippen molar-refractivity contribution in [3.63, 3.8) is 0 Å². The zero-order valence-corrected chi connectivity index (χ0v) is 11.1. The molecule has 0 saturated carbocycles. The van der Waals surface area contributed by atoms with Gasteiger partial charge in [0.1, 0.15) is 5.69 Å². The molecule has 88 valence electrons. The highest BCUT2D eigenvalue weighted by atomic mass is 79.9. The van der Waals surface area contributed by atoms with Gasteiger partial charge in [-0.05, 0) is 33.4 Å². The Labute approximate surface area is 110 Å². The molecule has 2 rings (SSSR count). The van der Waals surface area contributed by atoms with Gasteiger partial charge in [0.15, 0.2) is 0 Å². The summed E-state index contributed by atoms with van der Waals surface area (Å²) in [5, 5.41) is 4.49. The average molecular weight is 313 g/mol. The Kier molecular flexibility index (Phi) is 3.75. The molecule has 2 heterocycles. The monoisotopic (exact) mass is 312 g/mol. The predicted molar refractivity (Wildman–Crippen MR) is 71.4 cm³/mol. The molecule has 17 heavy (non-hydrogen) atoms. The van der Waals surface area contributed by atoms with Crippen LogP contribution in [0.5, 0.6) is 0 Å². The highest BCUT2D eigenvalue weighted by Gasteiger charge is 2.07. The molecule has 0 bridgehead atoms. The predicted octanol–water partition coefficient (Wildman–Crippen LogP) is 2.38. The minimum atomic E-state index is -0.312. The molecule has 0 atom stereocenters. The maximum absolute atomic E-state index is 11.7. The van der Waals surface area contributed by atoms with Gasteiger partial charge in [-0.1, -0.05) is 6.07 Å². The zero-order valence-electron chi connectivity index (χ0n) is 8.70. The number of anilines is 1. The van der Waals surface area contributed by atoms with E-state index in [0.717, 1.165) is 4.88 Å². The molecule has 0 aliphatic heterocycles. The lowest BCUT2D eigenvalue weighted by Crippen LogP contribution is -2.20. The lowest BCUT2D eigenvalue weighted by molar-refractivity contribution is -0.115. The number of nitrogens with one attached hydrogen (secondary N) is 2. The van der Waals surface area contributed by atoms with Crippen LogP contribution < -0.4 is 10.9 Å². The molecule has 0 aromatic carbocycles. The van der Waals surface area contributed by atoms with Crippen LogP contribution in [0.3, 0.4) is 0 Å². The van der Waals surface area contributed by atoms with Crippen molar-refractivity contribution >= 4 is 38.9 Å². The highest BCUT2D eigenvalue weighted by Crippen LogP contribution is 2.12. The summed E-state index contributed by atoms with van der Waals surface area (Å²) in [7, 11) is 0. The van der Waals surface area contributed by atoms with Gasteiger partial charge in [-0.3, -0.25) is 9.59 Å². The highest BCUT2D eigenvalue weighted by molar-refractivity contribution is 9.10. The van der Waals surface area contributed by atoms with Crippen molar-refractivity contribution in [1.82, 2.24) is 4.98 Å². The smallest absolute Gasteiger partial charge is 0.271 e. The van der Waals surface area contributed by atoms with Crippen molar-refractivity contribution in [2.24, 2.45) is 0 Å². The van der Waals surface area contributed by atoms with Gasteiger partial charge in [0.05, 0.1) is 6.42 Å². The van der Waals surface area contributed by atoms with Crippen molar-refractivity contribution in [3.8, 4) is 0 Å². The van der Waals surface area contributed by atoms with Gasteiger partial charge in [0, 0.05) is 15.5 Å². The second-order valence-corrected chi connectivity index (χ2v) is 5.31. The molecule has 6 heteroatoms. The molecule has 1 amide bonds. The summed E-state index contributed by atoms with van der Waals surface area (Å²) in [4.78, 5) is 26.6. The van der Waals surface area contributed by atoms with Crippen molar-refractivity contribution in [2.45, 2.75) is 6.42 Å². The number of thiophene rings is 1. The average Bonchev–Trinajstić information content (AvgIpc) is 2.76. The number of carbonyl (C=O) groups excluding carboxylic acids is 1. The summed E-state index contributed by atoms with van der Waals surface area (Å²) in [5.74, 6) is -0.198. The van der Waals surface area contributed by atoms with E-state index in [-0.39, 0.29) is 23.6 Å². The number of aromatic nitrogens is 1. The van der Waals surface area contributed by atoms with E-state index in [1.165, 1.54) is 17.5 Å². The number of rotatable bonds is 3. The SMILES string of the molecule is O=C(Cc1cccs1)Nc1cc(Br)c[nH]c1=O. The standard InChI is InChI=1S/C11H9BrN2O2S/c12-7-4-9(11(16)13-6-7)14-10(15)5-8-2-1-3-17-8/h1-4,6H,5H2,(H,13,16)(H,14,15). The molecule has 0 saturated heterocycles. The molecule has 4 nitrogen and oxygen atoms in total. The molecule has 0 unspecified atom stereocenters. The Balaban J connectivity index is 2.08. The maximum atomic E-state index is 11.7. The number of amides is 1. The van der Waals surface area contributed by atoms with Crippen LogP contribution in [0.15, 0.2) is 39.0 Å². The second kappa shape index (κ2) is 5.29.